The molecule has 0 fully saturated rings. The number of thiol groups is 1. The molecule has 9 heteroatoms. The standard InChI is InChI=1S/C22H17FN2O4.C2H7NS.C2H6/c1-9-10-3-2-4-11-13-7-25-17(19(13)24-16(18(10)11)6-15(9)23)5-12-14(21(25)27)8-29-22(28)20(12)26;3-1-2-4;1-2/h5-6,20,26H,2-4,7-8H2,1H3;4H,1-3H2;1-2H3. The van der Waals surface area contributed by atoms with Crippen LogP contribution in [0.3, 0.4) is 0 Å². The molecule has 1 aromatic carbocycles. The highest BCUT2D eigenvalue weighted by Gasteiger charge is 2.35. The van der Waals surface area contributed by atoms with E-state index in [1.807, 2.05) is 13.8 Å². The van der Waals surface area contributed by atoms with E-state index in [9.17, 15) is 19.1 Å². The first-order valence-electron chi connectivity index (χ1n) is 11.9. The van der Waals surface area contributed by atoms with Crippen molar-refractivity contribution in [2.45, 2.75) is 59.3 Å². The summed E-state index contributed by atoms with van der Waals surface area (Å²) in [4.78, 5) is 29.6. The molecule has 1 unspecified atom stereocenters. The Bertz CT molecular complexity index is 1380. The summed E-state index contributed by atoms with van der Waals surface area (Å²) >= 11 is 3.80. The van der Waals surface area contributed by atoms with E-state index in [-0.39, 0.29) is 23.5 Å². The van der Waals surface area contributed by atoms with E-state index in [0.717, 1.165) is 47.1 Å². The summed E-state index contributed by atoms with van der Waals surface area (Å²) in [6.45, 7) is 6.73. The van der Waals surface area contributed by atoms with Crippen molar-refractivity contribution in [3.63, 3.8) is 0 Å². The number of cyclic esters (lactones) is 1. The molecular weight excluding hydrogens is 469 g/mol. The number of hydrogen-bond donors (Lipinski definition) is 3. The maximum atomic E-state index is 14.5. The van der Waals surface area contributed by atoms with Crippen molar-refractivity contribution in [3.8, 4) is 11.4 Å². The third-order valence-electron chi connectivity index (χ3n) is 6.67. The van der Waals surface area contributed by atoms with Gasteiger partial charge in [-0.3, -0.25) is 4.79 Å². The Labute approximate surface area is 208 Å². The van der Waals surface area contributed by atoms with E-state index in [1.165, 1.54) is 6.07 Å². The van der Waals surface area contributed by atoms with Crippen LogP contribution in [-0.4, -0.2) is 32.9 Å². The number of pyridine rings is 2. The van der Waals surface area contributed by atoms with Crippen molar-refractivity contribution in [1.29, 1.82) is 0 Å². The molecule has 35 heavy (non-hydrogen) atoms. The predicted octanol–water partition coefficient (Wildman–Crippen LogP) is 3.35. The van der Waals surface area contributed by atoms with Crippen LogP contribution in [-0.2, 0) is 35.5 Å². The number of nitrogens with two attached hydrogens (primary N) is 1. The predicted molar refractivity (Wildman–Crippen MR) is 136 cm³/mol. The van der Waals surface area contributed by atoms with Crippen molar-refractivity contribution in [1.82, 2.24) is 9.55 Å². The maximum absolute atomic E-state index is 14.5. The van der Waals surface area contributed by atoms with Gasteiger partial charge in [0, 0.05) is 34.9 Å². The Morgan fingerprint density at radius 1 is 1.20 bits per heavy atom. The summed E-state index contributed by atoms with van der Waals surface area (Å²) < 4.78 is 21.1. The Hall–Kier alpha value is -2.75. The summed E-state index contributed by atoms with van der Waals surface area (Å²) in [5.74, 6) is -0.240. The second-order valence-electron chi connectivity index (χ2n) is 8.50. The molecule has 3 aliphatic rings. The number of carbonyl (C=O) groups is 1. The fraction of sp³-hybridized carbons (Fsp3) is 0.423. The molecule has 1 aliphatic carbocycles. The Balaban J connectivity index is 0.000000440. The summed E-state index contributed by atoms with van der Waals surface area (Å²) in [5, 5.41) is 11.2. The monoisotopic (exact) mass is 499 g/mol. The fourth-order valence-electron chi connectivity index (χ4n) is 5.06. The highest BCUT2D eigenvalue weighted by Crippen LogP contribution is 2.41. The van der Waals surface area contributed by atoms with Crippen LogP contribution in [0.4, 0.5) is 4.39 Å². The summed E-state index contributed by atoms with van der Waals surface area (Å²) in [6, 6.07) is 3.13. The van der Waals surface area contributed by atoms with Gasteiger partial charge in [-0.25, -0.2) is 14.2 Å². The molecule has 2 aliphatic heterocycles. The quantitative estimate of drug-likeness (QED) is 0.274. The first-order valence-corrected chi connectivity index (χ1v) is 12.6. The Morgan fingerprint density at radius 3 is 2.57 bits per heavy atom. The minimum absolute atomic E-state index is 0.141. The lowest BCUT2D eigenvalue weighted by Crippen LogP contribution is -2.32. The van der Waals surface area contributed by atoms with Crippen molar-refractivity contribution in [3.05, 3.63) is 61.7 Å². The van der Waals surface area contributed by atoms with Crippen molar-refractivity contribution >= 4 is 29.5 Å². The normalized spacial score (nSPS) is 16.8. The molecule has 3 N–H and O–H groups in total. The fourth-order valence-corrected chi connectivity index (χ4v) is 5.06. The highest BCUT2D eigenvalue weighted by molar-refractivity contribution is 7.80. The topological polar surface area (TPSA) is 107 Å². The molecule has 1 atom stereocenters. The minimum Gasteiger partial charge on any atom is -0.458 e. The SMILES string of the molecule is CC.Cc1c(F)cc2nc3c(c4c2c1CCC4)Cn1c-3cc2c(c1=O)COC(=O)C2O.NCCS. The lowest BCUT2D eigenvalue weighted by molar-refractivity contribution is -0.157. The number of aryl methyl sites for hydroxylation is 2. The number of nitrogens with zero attached hydrogens (tertiary/aromatic N) is 2. The highest BCUT2D eigenvalue weighted by atomic mass is 32.1. The van der Waals surface area contributed by atoms with E-state index in [2.05, 4.69) is 12.6 Å². The second-order valence-corrected chi connectivity index (χ2v) is 8.95. The number of rotatable bonds is 1. The van der Waals surface area contributed by atoms with E-state index in [1.54, 1.807) is 17.6 Å². The van der Waals surface area contributed by atoms with Gasteiger partial charge >= 0.3 is 5.97 Å². The number of hydrogen-bond acceptors (Lipinski definition) is 7. The van der Waals surface area contributed by atoms with Crippen molar-refractivity contribution in [2.24, 2.45) is 5.73 Å². The molecule has 3 aromatic rings. The Kier molecular flexibility index (Phi) is 7.30. The van der Waals surface area contributed by atoms with Crippen LogP contribution in [0.15, 0.2) is 16.9 Å². The number of fused-ring (bicyclic) bond motifs is 5. The van der Waals surface area contributed by atoms with Gasteiger partial charge in [0.15, 0.2) is 6.10 Å². The smallest absolute Gasteiger partial charge is 0.340 e. The molecule has 0 spiro atoms. The van der Waals surface area contributed by atoms with Crippen molar-refractivity contribution in [2.75, 3.05) is 12.3 Å². The molecular formula is C26H30FN3O4S. The van der Waals surface area contributed by atoms with Gasteiger partial charge in [-0.15, -0.1) is 0 Å². The van der Waals surface area contributed by atoms with Crippen LogP contribution in [0.2, 0.25) is 0 Å². The van der Waals surface area contributed by atoms with E-state index >= 15 is 0 Å². The molecule has 0 radical (unpaired) electrons. The van der Waals surface area contributed by atoms with Gasteiger partial charge in [0.05, 0.1) is 29.0 Å². The summed E-state index contributed by atoms with van der Waals surface area (Å²) in [6.07, 6.45) is 1.12. The average molecular weight is 500 g/mol. The molecule has 0 saturated heterocycles. The molecule has 2 aromatic heterocycles. The molecule has 0 amide bonds. The van der Waals surface area contributed by atoms with E-state index in [0.29, 0.717) is 41.1 Å². The number of ether oxygens (including phenoxy) is 1. The minimum atomic E-state index is -1.48. The van der Waals surface area contributed by atoms with Crippen LogP contribution < -0.4 is 11.3 Å². The third kappa shape index (κ3) is 4.05. The molecule has 6 rings (SSSR count). The summed E-state index contributed by atoms with van der Waals surface area (Å²) in [5.41, 5.74) is 10.8. The number of benzene rings is 1. The number of halogens is 1. The van der Waals surface area contributed by atoms with Gasteiger partial charge in [-0.2, -0.15) is 12.6 Å². The maximum Gasteiger partial charge on any atom is 0.340 e. The Morgan fingerprint density at radius 2 is 1.89 bits per heavy atom. The van der Waals surface area contributed by atoms with Crippen LogP contribution >= 0.6 is 12.6 Å². The first-order chi connectivity index (χ1) is 16.9. The van der Waals surface area contributed by atoms with Gasteiger partial charge in [0.25, 0.3) is 5.56 Å². The molecule has 0 saturated carbocycles. The van der Waals surface area contributed by atoms with Crippen LogP contribution in [0.5, 0.6) is 0 Å². The van der Waals surface area contributed by atoms with Gasteiger partial charge < -0.3 is 20.1 Å². The second kappa shape index (κ2) is 10.1. The lowest BCUT2D eigenvalue weighted by atomic mass is 9.85. The number of carbonyl (C=O) groups excluding carboxylic acids is 1. The summed E-state index contributed by atoms with van der Waals surface area (Å²) in [7, 11) is 0. The van der Waals surface area contributed by atoms with E-state index in [4.69, 9.17) is 15.5 Å². The van der Waals surface area contributed by atoms with Gasteiger partial charge in [0.1, 0.15) is 12.4 Å². The molecule has 7 nitrogen and oxygen atoms in total. The van der Waals surface area contributed by atoms with Crippen LogP contribution in [0, 0.1) is 12.7 Å². The van der Waals surface area contributed by atoms with Gasteiger partial charge in [-0.1, -0.05) is 13.8 Å². The zero-order valence-electron chi connectivity index (χ0n) is 20.2. The lowest BCUT2D eigenvalue weighted by Gasteiger charge is -2.22. The number of aliphatic hydroxyl groups is 1. The third-order valence-corrected chi connectivity index (χ3v) is 6.93. The number of esters is 1. The molecule has 0 bridgehead atoms. The van der Waals surface area contributed by atoms with Gasteiger partial charge in [0.2, 0.25) is 0 Å². The zero-order valence-corrected chi connectivity index (χ0v) is 21.0. The van der Waals surface area contributed by atoms with E-state index < -0.39 is 12.1 Å². The average Bonchev–Trinajstić information content (AvgIpc) is 3.25. The number of aliphatic hydroxyl groups excluding tert-OH is 1. The number of aromatic nitrogens is 2. The largest absolute Gasteiger partial charge is 0.458 e. The first kappa shape index (κ1) is 25.3. The van der Waals surface area contributed by atoms with Crippen LogP contribution in [0.1, 0.15) is 59.8 Å². The molecule has 4 heterocycles. The van der Waals surface area contributed by atoms with Crippen molar-refractivity contribution < 1.29 is 19.0 Å². The van der Waals surface area contributed by atoms with Crippen LogP contribution in [0.25, 0.3) is 22.3 Å². The molecule has 186 valence electrons. The van der Waals surface area contributed by atoms with Gasteiger partial charge in [-0.05, 0) is 48.9 Å². The zero-order chi connectivity index (χ0) is 25.4.